The van der Waals surface area contributed by atoms with Gasteiger partial charge in [-0.2, -0.15) is 13.2 Å². The molecule has 144 valence electrons. The van der Waals surface area contributed by atoms with Crippen LogP contribution in [0.25, 0.3) is 10.2 Å². The third-order valence-electron chi connectivity index (χ3n) is 4.58. The molecular formula is C18H25F3N4S. The predicted octanol–water partition coefficient (Wildman–Crippen LogP) is 4.40. The maximum Gasteiger partial charge on any atom is 0.393 e. The molecule has 2 aromatic rings. The van der Waals surface area contributed by atoms with Crippen molar-refractivity contribution < 1.29 is 13.2 Å². The van der Waals surface area contributed by atoms with Gasteiger partial charge in [0.05, 0.1) is 11.8 Å². The van der Waals surface area contributed by atoms with E-state index in [1.165, 1.54) is 6.33 Å². The minimum absolute atomic E-state index is 0.292. The van der Waals surface area contributed by atoms with E-state index < -0.39 is 12.6 Å². The number of aromatic nitrogens is 2. The predicted molar refractivity (Wildman–Crippen MR) is 99.9 cm³/mol. The Morgan fingerprint density at radius 2 is 2.08 bits per heavy atom. The Balaban J connectivity index is 1.75. The van der Waals surface area contributed by atoms with Crippen molar-refractivity contribution in [3.63, 3.8) is 0 Å². The summed E-state index contributed by atoms with van der Waals surface area (Å²) in [7, 11) is 0. The van der Waals surface area contributed by atoms with Gasteiger partial charge in [-0.25, -0.2) is 9.97 Å². The molecule has 0 radical (unpaired) electrons. The average molecular weight is 386 g/mol. The third-order valence-corrected chi connectivity index (χ3v) is 5.62. The lowest BCUT2D eigenvalue weighted by Gasteiger charge is -2.22. The van der Waals surface area contributed by atoms with Crippen molar-refractivity contribution in [2.75, 3.05) is 24.5 Å². The van der Waals surface area contributed by atoms with Crippen molar-refractivity contribution >= 4 is 27.4 Å². The average Bonchev–Trinajstić information content (AvgIpc) is 2.80. The first kappa shape index (κ1) is 19.4. The van der Waals surface area contributed by atoms with Gasteiger partial charge in [0.2, 0.25) is 0 Å². The van der Waals surface area contributed by atoms with Crippen molar-refractivity contribution in [2.24, 2.45) is 5.92 Å². The van der Waals surface area contributed by atoms with Gasteiger partial charge in [-0.3, -0.25) is 0 Å². The van der Waals surface area contributed by atoms with E-state index in [0.717, 1.165) is 61.4 Å². The molecule has 0 bridgehead atoms. The van der Waals surface area contributed by atoms with Crippen LogP contribution in [-0.4, -0.2) is 41.8 Å². The summed E-state index contributed by atoms with van der Waals surface area (Å²) >= 11 is 1.11. The smallest absolute Gasteiger partial charge is 0.356 e. The maximum absolute atomic E-state index is 12.7. The first-order valence-corrected chi connectivity index (χ1v) is 9.92. The maximum atomic E-state index is 12.7. The molecule has 1 fully saturated rings. The van der Waals surface area contributed by atoms with Gasteiger partial charge in [0, 0.05) is 24.0 Å². The van der Waals surface area contributed by atoms with Gasteiger partial charge in [-0.15, -0.1) is 11.3 Å². The van der Waals surface area contributed by atoms with Crippen LogP contribution in [0.3, 0.4) is 0 Å². The van der Waals surface area contributed by atoms with E-state index in [1.807, 2.05) is 0 Å². The summed E-state index contributed by atoms with van der Waals surface area (Å²) in [6, 6.07) is 2.10. The van der Waals surface area contributed by atoms with Crippen LogP contribution < -0.4 is 10.2 Å². The number of nitrogens with one attached hydrogen (secondary N) is 1. The van der Waals surface area contributed by atoms with Crippen LogP contribution in [0.2, 0.25) is 0 Å². The molecule has 2 aromatic heterocycles. The zero-order valence-corrected chi connectivity index (χ0v) is 16.0. The second-order valence-electron chi connectivity index (χ2n) is 7.34. The topological polar surface area (TPSA) is 41.0 Å². The molecular weight excluding hydrogens is 361 g/mol. The first-order valence-electron chi connectivity index (χ1n) is 9.10. The number of hydrogen-bond acceptors (Lipinski definition) is 5. The molecule has 1 unspecified atom stereocenters. The molecule has 3 heterocycles. The Morgan fingerprint density at radius 3 is 2.81 bits per heavy atom. The van der Waals surface area contributed by atoms with Crippen LogP contribution >= 0.6 is 11.3 Å². The lowest BCUT2D eigenvalue weighted by molar-refractivity contribution is -0.126. The molecule has 0 spiro atoms. The molecule has 1 N–H and O–H groups in total. The van der Waals surface area contributed by atoms with Crippen LogP contribution in [0.5, 0.6) is 0 Å². The van der Waals surface area contributed by atoms with Crippen LogP contribution in [0.15, 0.2) is 12.4 Å². The van der Waals surface area contributed by atoms with Crippen LogP contribution in [0.4, 0.5) is 19.0 Å². The van der Waals surface area contributed by atoms with Crippen molar-refractivity contribution in [3.8, 4) is 0 Å². The fourth-order valence-electron chi connectivity index (χ4n) is 3.34. The van der Waals surface area contributed by atoms with Gasteiger partial charge in [-0.05, 0) is 37.8 Å². The van der Waals surface area contributed by atoms with E-state index in [4.69, 9.17) is 0 Å². The third kappa shape index (κ3) is 5.07. The molecule has 0 amide bonds. The normalized spacial score (nSPS) is 19.3. The second-order valence-corrected chi connectivity index (χ2v) is 8.45. The highest BCUT2D eigenvalue weighted by atomic mass is 32.1. The Morgan fingerprint density at radius 1 is 1.27 bits per heavy atom. The van der Waals surface area contributed by atoms with Gasteiger partial charge in [0.1, 0.15) is 17.0 Å². The fraction of sp³-hybridized carbons (Fsp3) is 0.667. The number of fused-ring (bicyclic) bond motifs is 1. The van der Waals surface area contributed by atoms with E-state index in [0.29, 0.717) is 21.7 Å². The summed E-state index contributed by atoms with van der Waals surface area (Å²) in [5.41, 5.74) is 0. The molecule has 0 aromatic carbocycles. The van der Waals surface area contributed by atoms with Crippen molar-refractivity contribution in [1.82, 2.24) is 15.3 Å². The number of hydrogen-bond donors (Lipinski definition) is 1. The zero-order valence-electron chi connectivity index (χ0n) is 15.1. The van der Waals surface area contributed by atoms with E-state index >= 15 is 0 Å². The zero-order chi connectivity index (χ0) is 18.7. The Kier molecular flexibility index (Phi) is 6.02. The molecule has 26 heavy (non-hydrogen) atoms. The van der Waals surface area contributed by atoms with Gasteiger partial charge in [0.25, 0.3) is 0 Å². The molecule has 4 nitrogen and oxygen atoms in total. The lowest BCUT2D eigenvalue weighted by atomic mass is 10.1. The quantitative estimate of drug-likeness (QED) is 0.827. The van der Waals surface area contributed by atoms with E-state index in [-0.39, 0.29) is 0 Å². The van der Waals surface area contributed by atoms with Crippen molar-refractivity contribution in [2.45, 2.75) is 51.7 Å². The van der Waals surface area contributed by atoms with Gasteiger partial charge in [-0.1, -0.05) is 13.8 Å². The summed E-state index contributed by atoms with van der Waals surface area (Å²) in [4.78, 5) is 11.7. The highest BCUT2D eigenvalue weighted by Gasteiger charge is 2.29. The molecule has 1 atom stereocenters. The Hall–Kier alpha value is -1.41. The SMILES string of the molecule is CC(C)CNC1CCCN(c2ncnc3sc(CC(F)(F)F)cc23)CC1. The molecule has 1 aliphatic heterocycles. The molecule has 8 heteroatoms. The number of halogens is 3. The van der Waals surface area contributed by atoms with E-state index in [9.17, 15) is 13.2 Å². The number of nitrogens with zero attached hydrogens (tertiary/aromatic N) is 3. The minimum Gasteiger partial charge on any atom is -0.356 e. The van der Waals surface area contributed by atoms with E-state index in [2.05, 4.69) is 34.0 Å². The lowest BCUT2D eigenvalue weighted by Crippen LogP contribution is -2.33. The van der Waals surface area contributed by atoms with Crippen molar-refractivity contribution in [3.05, 3.63) is 17.3 Å². The van der Waals surface area contributed by atoms with Crippen molar-refractivity contribution in [1.29, 1.82) is 0 Å². The summed E-state index contributed by atoms with van der Waals surface area (Å²) in [6.45, 7) is 7.13. The van der Waals surface area contributed by atoms with Crippen LogP contribution in [0, 0.1) is 5.92 Å². The largest absolute Gasteiger partial charge is 0.393 e. The van der Waals surface area contributed by atoms with Gasteiger partial charge in [0.15, 0.2) is 0 Å². The van der Waals surface area contributed by atoms with Gasteiger partial charge >= 0.3 is 6.18 Å². The second kappa shape index (κ2) is 8.08. The summed E-state index contributed by atoms with van der Waals surface area (Å²) in [6.07, 6.45) is -0.481. The standard InChI is InChI=1S/C18H25F3N4S/c1-12(2)10-22-13-4-3-6-25(7-5-13)16-15-8-14(9-18(19,20)21)26-17(15)24-11-23-16/h8,11-13,22H,3-7,9-10H2,1-2H3. The summed E-state index contributed by atoms with van der Waals surface area (Å²) in [5, 5.41) is 4.36. The number of anilines is 1. The first-order chi connectivity index (χ1) is 12.3. The Labute approximate surface area is 155 Å². The number of alkyl halides is 3. The highest BCUT2D eigenvalue weighted by molar-refractivity contribution is 7.18. The number of rotatable bonds is 5. The molecule has 1 aliphatic rings. The monoisotopic (exact) mass is 386 g/mol. The summed E-state index contributed by atoms with van der Waals surface area (Å²) < 4.78 is 38.1. The van der Waals surface area contributed by atoms with E-state index in [1.54, 1.807) is 6.07 Å². The molecule has 1 saturated heterocycles. The fourth-order valence-corrected chi connectivity index (χ4v) is 4.37. The molecule has 3 rings (SSSR count). The highest BCUT2D eigenvalue weighted by Crippen LogP contribution is 2.34. The van der Waals surface area contributed by atoms with Gasteiger partial charge < -0.3 is 10.2 Å². The van der Waals surface area contributed by atoms with Crippen LogP contribution in [-0.2, 0) is 6.42 Å². The molecule has 0 aliphatic carbocycles. The molecule has 0 saturated carbocycles. The Bertz CT molecular complexity index is 729. The number of thiophene rings is 1. The minimum atomic E-state index is -4.20. The van der Waals surface area contributed by atoms with Crippen LogP contribution in [0.1, 0.15) is 38.0 Å². The summed E-state index contributed by atoms with van der Waals surface area (Å²) in [5.74, 6) is 1.39.